The van der Waals surface area contributed by atoms with Gasteiger partial charge in [0.2, 0.25) is 10.0 Å². The van der Waals surface area contributed by atoms with Gasteiger partial charge in [0, 0.05) is 24.9 Å². The van der Waals surface area contributed by atoms with Gasteiger partial charge in [-0.3, -0.25) is 4.98 Å². The number of aryl methyl sites for hydroxylation is 1. The van der Waals surface area contributed by atoms with Crippen LogP contribution in [0.25, 0.3) is 0 Å². The summed E-state index contributed by atoms with van der Waals surface area (Å²) < 4.78 is 40.1. The van der Waals surface area contributed by atoms with E-state index in [0.717, 1.165) is 17.8 Å². The van der Waals surface area contributed by atoms with Crippen molar-refractivity contribution in [3.8, 4) is 0 Å². The zero-order chi connectivity index (χ0) is 15.5. The first-order valence-corrected chi connectivity index (χ1v) is 7.83. The lowest BCUT2D eigenvalue weighted by atomic mass is 10.2. The molecule has 0 bridgehead atoms. The van der Waals surface area contributed by atoms with Gasteiger partial charge in [-0.1, -0.05) is 6.07 Å². The molecule has 7 heteroatoms. The van der Waals surface area contributed by atoms with Crippen LogP contribution in [0.4, 0.5) is 10.1 Å². The lowest BCUT2D eigenvalue weighted by Crippen LogP contribution is -2.27. The first-order valence-electron chi connectivity index (χ1n) is 6.35. The van der Waals surface area contributed by atoms with Crippen LogP contribution in [-0.2, 0) is 16.4 Å². The van der Waals surface area contributed by atoms with Gasteiger partial charge in [0.1, 0.15) is 5.82 Å². The minimum Gasteiger partial charge on any atom is -0.396 e. The minimum atomic E-state index is -3.72. The maximum absolute atomic E-state index is 13.3. The average molecular weight is 309 g/mol. The lowest BCUT2D eigenvalue weighted by Gasteiger charge is -2.10. The summed E-state index contributed by atoms with van der Waals surface area (Å²) in [5, 5.41) is 0. The van der Waals surface area contributed by atoms with Crippen molar-refractivity contribution in [1.29, 1.82) is 0 Å². The number of hydrogen-bond acceptors (Lipinski definition) is 4. The molecule has 3 N–H and O–H groups in total. The van der Waals surface area contributed by atoms with E-state index in [4.69, 9.17) is 5.73 Å². The Balaban J connectivity index is 2.10. The average Bonchev–Trinajstić information content (AvgIpc) is 2.43. The van der Waals surface area contributed by atoms with Gasteiger partial charge < -0.3 is 5.73 Å². The van der Waals surface area contributed by atoms with Crippen LogP contribution >= 0.6 is 0 Å². The largest absolute Gasteiger partial charge is 0.396 e. The standard InChI is InChI=1S/C14H16FN3O2S/c1-10-8-12(15)13(16)9-14(10)21(19,20)18-7-5-11-4-2-3-6-17-11/h2-4,6,8-9,18H,5,7,16H2,1H3. The number of pyridine rings is 1. The van der Waals surface area contributed by atoms with Crippen molar-refractivity contribution < 1.29 is 12.8 Å². The number of benzene rings is 1. The zero-order valence-electron chi connectivity index (χ0n) is 11.5. The van der Waals surface area contributed by atoms with E-state index in [2.05, 4.69) is 9.71 Å². The molecule has 0 aliphatic carbocycles. The lowest BCUT2D eigenvalue weighted by molar-refractivity contribution is 0.579. The van der Waals surface area contributed by atoms with Crippen LogP contribution in [0.2, 0.25) is 0 Å². The zero-order valence-corrected chi connectivity index (χ0v) is 12.3. The molecule has 5 nitrogen and oxygen atoms in total. The van der Waals surface area contributed by atoms with Gasteiger partial charge in [-0.2, -0.15) is 0 Å². The molecule has 1 heterocycles. The Labute approximate surface area is 123 Å². The molecule has 0 saturated carbocycles. The Morgan fingerprint density at radius 3 is 2.76 bits per heavy atom. The molecular weight excluding hydrogens is 293 g/mol. The summed E-state index contributed by atoms with van der Waals surface area (Å²) in [6, 6.07) is 7.69. The van der Waals surface area contributed by atoms with Crippen LogP contribution in [0.1, 0.15) is 11.3 Å². The molecule has 2 aromatic rings. The van der Waals surface area contributed by atoms with Crippen LogP contribution in [-0.4, -0.2) is 19.9 Å². The van der Waals surface area contributed by atoms with Crippen molar-refractivity contribution in [2.45, 2.75) is 18.2 Å². The molecule has 0 atom stereocenters. The number of aromatic nitrogens is 1. The predicted octanol–water partition coefficient (Wildman–Crippen LogP) is 1.63. The van der Waals surface area contributed by atoms with Crippen LogP contribution in [0.5, 0.6) is 0 Å². The second-order valence-electron chi connectivity index (χ2n) is 4.61. The summed E-state index contributed by atoms with van der Waals surface area (Å²) in [6.45, 7) is 1.73. The molecule has 0 amide bonds. The highest BCUT2D eigenvalue weighted by atomic mass is 32.2. The van der Waals surface area contributed by atoms with Gasteiger partial charge >= 0.3 is 0 Å². The van der Waals surface area contributed by atoms with E-state index in [9.17, 15) is 12.8 Å². The molecule has 0 unspecified atom stereocenters. The summed E-state index contributed by atoms with van der Waals surface area (Å²) >= 11 is 0. The van der Waals surface area contributed by atoms with E-state index >= 15 is 0 Å². The number of nitrogens with one attached hydrogen (secondary N) is 1. The number of nitrogens with zero attached hydrogens (tertiary/aromatic N) is 1. The smallest absolute Gasteiger partial charge is 0.240 e. The van der Waals surface area contributed by atoms with Crippen molar-refractivity contribution in [3.63, 3.8) is 0 Å². The van der Waals surface area contributed by atoms with E-state index in [1.54, 1.807) is 12.3 Å². The Hall–Kier alpha value is -1.99. The van der Waals surface area contributed by atoms with E-state index in [-0.39, 0.29) is 17.1 Å². The molecule has 0 saturated heterocycles. The second-order valence-corrected chi connectivity index (χ2v) is 6.34. The van der Waals surface area contributed by atoms with E-state index < -0.39 is 15.8 Å². The number of nitrogens with two attached hydrogens (primary N) is 1. The minimum absolute atomic E-state index is 0.0116. The SMILES string of the molecule is Cc1cc(F)c(N)cc1S(=O)(=O)NCCc1ccccn1. The van der Waals surface area contributed by atoms with Crippen molar-refractivity contribution >= 4 is 15.7 Å². The first-order chi connectivity index (χ1) is 9.90. The Morgan fingerprint density at radius 1 is 1.33 bits per heavy atom. The van der Waals surface area contributed by atoms with Gasteiger partial charge in [0.25, 0.3) is 0 Å². The molecule has 21 heavy (non-hydrogen) atoms. The summed E-state index contributed by atoms with van der Waals surface area (Å²) in [5.74, 6) is -0.625. The predicted molar refractivity (Wildman–Crippen MR) is 78.7 cm³/mol. The van der Waals surface area contributed by atoms with Gasteiger partial charge in [0.15, 0.2) is 0 Å². The van der Waals surface area contributed by atoms with Crippen molar-refractivity contribution in [1.82, 2.24) is 9.71 Å². The molecule has 0 aliphatic rings. The summed E-state index contributed by atoms with van der Waals surface area (Å²) in [7, 11) is -3.72. The van der Waals surface area contributed by atoms with E-state index in [0.29, 0.717) is 12.0 Å². The molecule has 112 valence electrons. The third-order valence-corrected chi connectivity index (χ3v) is 4.59. The number of nitrogen functional groups attached to an aromatic ring is 1. The highest BCUT2D eigenvalue weighted by molar-refractivity contribution is 7.89. The van der Waals surface area contributed by atoms with Gasteiger partial charge in [-0.05, 0) is 36.8 Å². The fraction of sp³-hybridized carbons (Fsp3) is 0.214. The fourth-order valence-corrected chi connectivity index (χ4v) is 3.19. The van der Waals surface area contributed by atoms with Crippen LogP contribution in [0.3, 0.4) is 0 Å². The fourth-order valence-electron chi connectivity index (χ4n) is 1.90. The number of hydrogen-bond donors (Lipinski definition) is 2. The summed E-state index contributed by atoms with van der Waals surface area (Å²) in [5.41, 5.74) is 6.34. The van der Waals surface area contributed by atoms with Crippen LogP contribution in [0.15, 0.2) is 41.4 Å². The number of sulfonamides is 1. The summed E-state index contributed by atoms with van der Waals surface area (Å²) in [6.07, 6.45) is 2.12. The Bertz CT molecular complexity index is 733. The summed E-state index contributed by atoms with van der Waals surface area (Å²) in [4.78, 5) is 4.10. The third-order valence-electron chi connectivity index (χ3n) is 2.98. The second kappa shape index (κ2) is 6.19. The highest BCUT2D eigenvalue weighted by Gasteiger charge is 2.18. The number of halogens is 1. The van der Waals surface area contributed by atoms with Crippen LogP contribution < -0.4 is 10.5 Å². The quantitative estimate of drug-likeness (QED) is 0.822. The van der Waals surface area contributed by atoms with Gasteiger partial charge in [0.05, 0.1) is 10.6 Å². The van der Waals surface area contributed by atoms with Crippen molar-refractivity contribution in [2.24, 2.45) is 0 Å². The van der Waals surface area contributed by atoms with E-state index in [1.807, 2.05) is 12.1 Å². The molecule has 1 aromatic carbocycles. The molecule has 2 rings (SSSR count). The maximum Gasteiger partial charge on any atom is 0.240 e. The Morgan fingerprint density at radius 2 is 2.10 bits per heavy atom. The van der Waals surface area contributed by atoms with E-state index in [1.165, 1.54) is 6.92 Å². The first kappa shape index (κ1) is 15.4. The van der Waals surface area contributed by atoms with Gasteiger partial charge in [-0.15, -0.1) is 0 Å². The molecule has 0 aliphatic heterocycles. The highest BCUT2D eigenvalue weighted by Crippen LogP contribution is 2.21. The van der Waals surface area contributed by atoms with Crippen molar-refractivity contribution in [3.05, 3.63) is 53.6 Å². The van der Waals surface area contributed by atoms with Gasteiger partial charge in [-0.25, -0.2) is 17.5 Å². The molecule has 0 fully saturated rings. The molecule has 1 aromatic heterocycles. The number of anilines is 1. The van der Waals surface area contributed by atoms with Crippen LogP contribution in [0, 0.1) is 12.7 Å². The normalized spacial score (nSPS) is 11.5. The van der Waals surface area contributed by atoms with Crippen molar-refractivity contribution in [2.75, 3.05) is 12.3 Å². The third kappa shape index (κ3) is 3.77. The Kier molecular flexibility index (Phi) is 4.54. The molecule has 0 radical (unpaired) electrons. The monoisotopic (exact) mass is 309 g/mol. The maximum atomic E-state index is 13.3. The molecule has 0 spiro atoms. The number of rotatable bonds is 5. The topological polar surface area (TPSA) is 85.1 Å². The molecular formula is C14H16FN3O2S.